The smallest absolute Gasteiger partial charge is 0.238 e. The van der Waals surface area contributed by atoms with E-state index in [-0.39, 0.29) is 5.78 Å². The van der Waals surface area contributed by atoms with Crippen LogP contribution in [0, 0.1) is 13.8 Å². The number of benzene rings is 1. The Morgan fingerprint density at radius 3 is 2.70 bits per heavy atom. The molecule has 0 fully saturated rings. The largest absolute Gasteiger partial charge is 0.452 e. The maximum absolute atomic E-state index is 12.6. The van der Waals surface area contributed by atoms with E-state index in [1.807, 2.05) is 38.1 Å². The number of hydrogen-bond acceptors (Lipinski definition) is 3. The van der Waals surface area contributed by atoms with Crippen molar-refractivity contribution in [2.45, 2.75) is 27.2 Å². The normalized spacial score (nSPS) is 11.2. The van der Waals surface area contributed by atoms with Gasteiger partial charge in [-0.3, -0.25) is 4.79 Å². The van der Waals surface area contributed by atoms with Crippen molar-refractivity contribution in [3.63, 3.8) is 0 Å². The van der Waals surface area contributed by atoms with Crippen LogP contribution in [-0.2, 0) is 6.42 Å². The van der Waals surface area contributed by atoms with Crippen molar-refractivity contribution >= 4 is 28.1 Å². The van der Waals surface area contributed by atoms with E-state index in [9.17, 15) is 4.79 Å². The molecule has 3 rings (SSSR count). The van der Waals surface area contributed by atoms with E-state index in [0.29, 0.717) is 5.76 Å². The Labute approximate surface area is 122 Å². The summed E-state index contributed by atoms with van der Waals surface area (Å²) >= 11 is 1.55. The molecule has 0 atom stereocenters. The molecule has 0 aliphatic rings. The minimum Gasteiger partial charge on any atom is -0.452 e. The molecule has 2 nitrogen and oxygen atoms in total. The maximum atomic E-state index is 12.6. The molecule has 0 saturated carbocycles. The number of hydrogen-bond donors (Lipinski definition) is 0. The van der Waals surface area contributed by atoms with Crippen molar-refractivity contribution in [3.05, 3.63) is 57.0 Å². The molecule has 3 aromatic rings. The molecule has 0 unspecified atom stereocenters. The SMILES string of the molecule is CCc1ccc(C(=O)c2oc3ccc(C)cc3c2C)s1. The molecule has 0 aliphatic carbocycles. The fraction of sp³-hybridized carbons (Fsp3) is 0.235. The predicted molar refractivity (Wildman–Crippen MR) is 82.8 cm³/mol. The van der Waals surface area contributed by atoms with E-state index in [4.69, 9.17) is 4.42 Å². The fourth-order valence-electron chi connectivity index (χ4n) is 2.35. The number of carbonyl (C=O) groups excluding carboxylic acids is 1. The van der Waals surface area contributed by atoms with Crippen LogP contribution in [0.25, 0.3) is 11.0 Å². The summed E-state index contributed by atoms with van der Waals surface area (Å²) in [5.41, 5.74) is 2.88. The van der Waals surface area contributed by atoms with Gasteiger partial charge in [0.2, 0.25) is 5.78 Å². The van der Waals surface area contributed by atoms with Gasteiger partial charge in [-0.25, -0.2) is 0 Å². The minimum absolute atomic E-state index is 0.0129. The second-order valence-corrected chi connectivity index (χ2v) is 6.17. The van der Waals surface area contributed by atoms with Crippen LogP contribution >= 0.6 is 11.3 Å². The Morgan fingerprint density at radius 2 is 2.00 bits per heavy atom. The molecule has 2 aromatic heterocycles. The number of aryl methyl sites for hydroxylation is 3. The van der Waals surface area contributed by atoms with Gasteiger partial charge in [-0.15, -0.1) is 11.3 Å². The van der Waals surface area contributed by atoms with Crippen molar-refractivity contribution in [2.75, 3.05) is 0 Å². The third-order valence-electron chi connectivity index (χ3n) is 3.53. The van der Waals surface area contributed by atoms with Gasteiger partial charge in [0.15, 0.2) is 5.76 Å². The zero-order valence-corrected chi connectivity index (χ0v) is 12.6. The average Bonchev–Trinajstić information content (AvgIpc) is 3.04. The Morgan fingerprint density at radius 1 is 1.20 bits per heavy atom. The first-order valence-corrected chi connectivity index (χ1v) is 7.55. The number of thiophene rings is 1. The molecular weight excluding hydrogens is 268 g/mol. The van der Waals surface area contributed by atoms with Crippen LogP contribution in [0.15, 0.2) is 34.7 Å². The van der Waals surface area contributed by atoms with Gasteiger partial charge in [-0.2, -0.15) is 0 Å². The van der Waals surface area contributed by atoms with Crippen molar-refractivity contribution in [1.29, 1.82) is 0 Å². The number of furan rings is 1. The van der Waals surface area contributed by atoms with E-state index in [0.717, 1.165) is 27.8 Å². The molecule has 0 saturated heterocycles. The number of rotatable bonds is 3. The Kier molecular flexibility index (Phi) is 3.22. The summed E-state index contributed by atoms with van der Waals surface area (Å²) in [5, 5.41) is 1.03. The zero-order valence-electron chi connectivity index (χ0n) is 11.8. The maximum Gasteiger partial charge on any atom is 0.238 e. The molecular formula is C17H16O2S. The van der Waals surface area contributed by atoms with Crippen LogP contribution in [0.2, 0.25) is 0 Å². The lowest BCUT2D eigenvalue weighted by Crippen LogP contribution is -1.98. The van der Waals surface area contributed by atoms with E-state index >= 15 is 0 Å². The lowest BCUT2D eigenvalue weighted by molar-refractivity contribution is 0.101. The zero-order chi connectivity index (χ0) is 14.3. The van der Waals surface area contributed by atoms with Crippen molar-refractivity contribution in [1.82, 2.24) is 0 Å². The number of ketones is 1. The summed E-state index contributed by atoms with van der Waals surface area (Å²) in [6, 6.07) is 9.90. The Bertz CT molecular complexity index is 793. The highest BCUT2D eigenvalue weighted by atomic mass is 32.1. The Balaban J connectivity index is 2.09. The third-order valence-corrected chi connectivity index (χ3v) is 4.76. The van der Waals surface area contributed by atoms with Crippen LogP contribution in [-0.4, -0.2) is 5.78 Å². The van der Waals surface area contributed by atoms with Gasteiger partial charge in [0.25, 0.3) is 0 Å². The predicted octanol–water partition coefficient (Wildman–Crippen LogP) is 4.90. The summed E-state index contributed by atoms with van der Waals surface area (Å²) < 4.78 is 5.77. The highest BCUT2D eigenvalue weighted by Crippen LogP contribution is 2.29. The summed E-state index contributed by atoms with van der Waals surface area (Å²) in [6.07, 6.45) is 0.955. The topological polar surface area (TPSA) is 30.2 Å². The van der Waals surface area contributed by atoms with E-state index in [1.165, 1.54) is 10.4 Å². The van der Waals surface area contributed by atoms with Crippen LogP contribution in [0.3, 0.4) is 0 Å². The van der Waals surface area contributed by atoms with Gasteiger partial charge in [0.05, 0.1) is 4.88 Å². The molecule has 2 heterocycles. The highest BCUT2D eigenvalue weighted by molar-refractivity contribution is 7.14. The van der Waals surface area contributed by atoms with E-state index in [2.05, 4.69) is 13.0 Å². The first-order chi connectivity index (χ1) is 9.60. The van der Waals surface area contributed by atoms with Gasteiger partial charge in [-0.1, -0.05) is 18.6 Å². The summed E-state index contributed by atoms with van der Waals surface area (Å²) in [5.74, 6) is 0.455. The summed E-state index contributed by atoms with van der Waals surface area (Å²) in [4.78, 5) is 14.5. The lowest BCUT2D eigenvalue weighted by Gasteiger charge is -1.95. The number of fused-ring (bicyclic) bond motifs is 1. The van der Waals surface area contributed by atoms with Crippen molar-refractivity contribution in [2.24, 2.45) is 0 Å². The van der Waals surface area contributed by atoms with Crippen LogP contribution in [0.1, 0.15) is 38.4 Å². The highest BCUT2D eigenvalue weighted by Gasteiger charge is 2.20. The summed E-state index contributed by atoms with van der Waals surface area (Å²) in [6.45, 7) is 6.09. The van der Waals surface area contributed by atoms with Gasteiger partial charge in [0, 0.05) is 15.8 Å². The van der Waals surface area contributed by atoms with Crippen molar-refractivity contribution in [3.8, 4) is 0 Å². The van der Waals surface area contributed by atoms with Gasteiger partial charge in [-0.05, 0) is 44.5 Å². The quantitative estimate of drug-likeness (QED) is 0.640. The molecule has 0 radical (unpaired) electrons. The van der Waals surface area contributed by atoms with E-state index < -0.39 is 0 Å². The second kappa shape index (κ2) is 4.91. The van der Waals surface area contributed by atoms with Gasteiger partial charge in [0.1, 0.15) is 5.58 Å². The molecule has 0 N–H and O–H groups in total. The van der Waals surface area contributed by atoms with Gasteiger partial charge < -0.3 is 4.42 Å². The van der Waals surface area contributed by atoms with Crippen molar-refractivity contribution < 1.29 is 9.21 Å². The first kappa shape index (κ1) is 13.1. The monoisotopic (exact) mass is 284 g/mol. The van der Waals surface area contributed by atoms with Crippen LogP contribution in [0.4, 0.5) is 0 Å². The molecule has 0 bridgehead atoms. The fourth-order valence-corrected chi connectivity index (χ4v) is 3.24. The molecule has 0 aliphatic heterocycles. The van der Waals surface area contributed by atoms with Crippen LogP contribution < -0.4 is 0 Å². The average molecular weight is 284 g/mol. The minimum atomic E-state index is -0.0129. The molecule has 20 heavy (non-hydrogen) atoms. The standard InChI is InChI=1S/C17H16O2S/c1-4-12-6-8-15(20-12)16(18)17-11(3)13-9-10(2)5-7-14(13)19-17/h5-9H,4H2,1-3H3. The molecule has 3 heteroatoms. The molecule has 0 amide bonds. The third kappa shape index (κ3) is 2.08. The molecule has 1 aromatic carbocycles. The lowest BCUT2D eigenvalue weighted by atomic mass is 10.1. The Hall–Kier alpha value is -1.87. The van der Waals surface area contributed by atoms with Gasteiger partial charge >= 0.3 is 0 Å². The molecule has 0 spiro atoms. The molecule has 102 valence electrons. The summed E-state index contributed by atoms with van der Waals surface area (Å²) in [7, 11) is 0. The first-order valence-electron chi connectivity index (χ1n) is 6.73. The van der Waals surface area contributed by atoms with Crippen LogP contribution in [0.5, 0.6) is 0 Å². The number of carbonyl (C=O) groups is 1. The second-order valence-electron chi connectivity index (χ2n) is 5.00. The van der Waals surface area contributed by atoms with E-state index in [1.54, 1.807) is 11.3 Å².